The average molecular weight is 321 g/mol. The highest BCUT2D eigenvalue weighted by atomic mass is 16.2. The SMILES string of the molecule is O=C(NC1CCCCC1)c1cccn2c(=O)c3ccccc3nc12. The molecule has 1 aromatic carbocycles. The van der Waals surface area contributed by atoms with Gasteiger partial charge in [0.25, 0.3) is 11.5 Å². The van der Waals surface area contributed by atoms with Crippen molar-refractivity contribution in [2.75, 3.05) is 0 Å². The van der Waals surface area contributed by atoms with Gasteiger partial charge in [0.15, 0.2) is 5.65 Å². The van der Waals surface area contributed by atoms with E-state index in [1.165, 1.54) is 10.8 Å². The molecule has 2 heterocycles. The van der Waals surface area contributed by atoms with Crippen molar-refractivity contribution in [2.45, 2.75) is 38.1 Å². The summed E-state index contributed by atoms with van der Waals surface area (Å²) in [6.07, 6.45) is 7.25. The van der Waals surface area contributed by atoms with Gasteiger partial charge in [-0.25, -0.2) is 4.98 Å². The maximum atomic E-state index is 12.7. The molecule has 5 heteroatoms. The first kappa shape index (κ1) is 14.9. The fourth-order valence-electron chi connectivity index (χ4n) is 3.46. The zero-order valence-electron chi connectivity index (χ0n) is 13.4. The van der Waals surface area contributed by atoms with Crippen LogP contribution in [0.4, 0.5) is 0 Å². The smallest absolute Gasteiger partial charge is 0.265 e. The maximum Gasteiger partial charge on any atom is 0.265 e. The van der Waals surface area contributed by atoms with Crippen LogP contribution in [0.2, 0.25) is 0 Å². The van der Waals surface area contributed by atoms with Gasteiger partial charge in [0.2, 0.25) is 0 Å². The van der Waals surface area contributed by atoms with E-state index in [-0.39, 0.29) is 17.5 Å². The summed E-state index contributed by atoms with van der Waals surface area (Å²) < 4.78 is 1.46. The monoisotopic (exact) mass is 321 g/mol. The van der Waals surface area contributed by atoms with Gasteiger partial charge in [0.1, 0.15) is 0 Å². The van der Waals surface area contributed by atoms with Crippen LogP contribution in [0.15, 0.2) is 47.4 Å². The lowest BCUT2D eigenvalue weighted by Gasteiger charge is -2.22. The molecule has 4 rings (SSSR count). The Balaban J connectivity index is 1.80. The summed E-state index contributed by atoms with van der Waals surface area (Å²) in [6.45, 7) is 0. The number of nitrogens with one attached hydrogen (secondary N) is 1. The molecular weight excluding hydrogens is 302 g/mol. The molecule has 5 nitrogen and oxygen atoms in total. The third-order valence-corrected chi connectivity index (χ3v) is 4.73. The molecule has 122 valence electrons. The molecule has 2 aromatic heterocycles. The van der Waals surface area contributed by atoms with Crippen LogP contribution < -0.4 is 10.9 Å². The molecule has 1 amide bonds. The highest BCUT2D eigenvalue weighted by Crippen LogP contribution is 2.19. The largest absolute Gasteiger partial charge is 0.349 e. The van der Waals surface area contributed by atoms with Crippen LogP contribution in [-0.2, 0) is 0 Å². The van der Waals surface area contributed by atoms with E-state index in [2.05, 4.69) is 10.3 Å². The van der Waals surface area contributed by atoms with Gasteiger partial charge in [0.05, 0.1) is 16.5 Å². The lowest BCUT2D eigenvalue weighted by molar-refractivity contribution is 0.0929. The first-order chi connectivity index (χ1) is 11.7. The van der Waals surface area contributed by atoms with Crippen LogP contribution >= 0.6 is 0 Å². The number of para-hydroxylation sites is 1. The number of hydrogen-bond acceptors (Lipinski definition) is 3. The Morgan fingerprint density at radius 2 is 1.88 bits per heavy atom. The summed E-state index contributed by atoms with van der Waals surface area (Å²) >= 11 is 0. The maximum absolute atomic E-state index is 12.7. The molecule has 1 saturated carbocycles. The number of hydrogen-bond donors (Lipinski definition) is 1. The summed E-state index contributed by atoms with van der Waals surface area (Å²) in [5.41, 5.74) is 1.32. The molecule has 1 N–H and O–H groups in total. The topological polar surface area (TPSA) is 63.5 Å². The van der Waals surface area contributed by atoms with Crippen molar-refractivity contribution in [3.63, 3.8) is 0 Å². The molecule has 0 spiro atoms. The van der Waals surface area contributed by atoms with Crippen LogP contribution in [0.3, 0.4) is 0 Å². The van der Waals surface area contributed by atoms with Crippen molar-refractivity contribution >= 4 is 22.5 Å². The van der Waals surface area contributed by atoms with Gasteiger partial charge in [-0.1, -0.05) is 31.4 Å². The second-order valence-corrected chi connectivity index (χ2v) is 6.36. The van der Waals surface area contributed by atoms with Crippen molar-refractivity contribution in [2.24, 2.45) is 0 Å². The molecule has 0 bridgehead atoms. The highest BCUT2D eigenvalue weighted by Gasteiger charge is 2.19. The number of carbonyl (C=O) groups is 1. The fourth-order valence-corrected chi connectivity index (χ4v) is 3.46. The van der Waals surface area contributed by atoms with Crippen molar-refractivity contribution in [1.29, 1.82) is 0 Å². The van der Waals surface area contributed by atoms with E-state index >= 15 is 0 Å². The fraction of sp³-hybridized carbons (Fsp3) is 0.316. The van der Waals surface area contributed by atoms with Gasteiger partial charge in [-0.05, 0) is 37.1 Å². The van der Waals surface area contributed by atoms with E-state index < -0.39 is 0 Å². The third-order valence-electron chi connectivity index (χ3n) is 4.73. The zero-order chi connectivity index (χ0) is 16.5. The Labute approximate surface area is 139 Å². The van der Waals surface area contributed by atoms with Gasteiger partial charge in [0, 0.05) is 12.2 Å². The minimum Gasteiger partial charge on any atom is -0.349 e. The van der Waals surface area contributed by atoms with Crippen molar-refractivity contribution in [3.05, 3.63) is 58.5 Å². The Hall–Kier alpha value is -2.69. The van der Waals surface area contributed by atoms with Crippen LogP contribution in [0, 0.1) is 0 Å². The first-order valence-electron chi connectivity index (χ1n) is 8.45. The highest BCUT2D eigenvalue weighted by molar-refractivity contribution is 6.00. The molecule has 1 aliphatic carbocycles. The molecule has 0 atom stereocenters. The van der Waals surface area contributed by atoms with E-state index in [1.807, 2.05) is 12.1 Å². The van der Waals surface area contributed by atoms with Crippen LogP contribution in [0.1, 0.15) is 42.5 Å². The predicted octanol–water partition coefficient (Wildman–Crippen LogP) is 2.91. The second kappa shape index (κ2) is 6.07. The van der Waals surface area contributed by atoms with Crippen LogP contribution in [-0.4, -0.2) is 21.3 Å². The van der Waals surface area contributed by atoms with Gasteiger partial charge in [-0.2, -0.15) is 0 Å². The molecule has 1 aliphatic rings. The Morgan fingerprint density at radius 1 is 1.08 bits per heavy atom. The molecule has 0 saturated heterocycles. The van der Waals surface area contributed by atoms with E-state index in [0.717, 1.165) is 25.7 Å². The van der Waals surface area contributed by atoms with Crippen molar-refractivity contribution in [1.82, 2.24) is 14.7 Å². The Morgan fingerprint density at radius 3 is 2.71 bits per heavy atom. The number of pyridine rings is 1. The number of nitrogens with zero attached hydrogens (tertiary/aromatic N) is 2. The standard InChI is InChI=1S/C19H19N3O2/c23-18(20-13-7-2-1-3-8-13)15-10-6-12-22-17(15)21-16-11-5-4-9-14(16)19(22)24/h4-6,9-13H,1-3,7-8H2,(H,20,23). The number of amides is 1. The van der Waals surface area contributed by atoms with Gasteiger partial charge in [-0.3, -0.25) is 14.0 Å². The Bertz CT molecular complexity index is 971. The summed E-state index contributed by atoms with van der Waals surface area (Å²) in [7, 11) is 0. The van der Waals surface area contributed by atoms with Crippen LogP contribution in [0.5, 0.6) is 0 Å². The quantitative estimate of drug-likeness (QED) is 0.738. The van der Waals surface area contributed by atoms with Gasteiger partial charge < -0.3 is 5.32 Å². The van der Waals surface area contributed by atoms with Crippen molar-refractivity contribution < 1.29 is 4.79 Å². The number of fused-ring (bicyclic) bond motifs is 2. The summed E-state index contributed by atoms with van der Waals surface area (Å²) in [5.74, 6) is -0.151. The normalized spacial score (nSPS) is 15.7. The predicted molar refractivity (Wildman–Crippen MR) is 93.3 cm³/mol. The molecule has 0 aliphatic heterocycles. The minimum atomic E-state index is -0.151. The van der Waals surface area contributed by atoms with E-state index in [9.17, 15) is 9.59 Å². The van der Waals surface area contributed by atoms with E-state index in [1.54, 1.807) is 30.5 Å². The zero-order valence-corrected chi connectivity index (χ0v) is 13.4. The lowest BCUT2D eigenvalue weighted by atomic mass is 9.95. The first-order valence-corrected chi connectivity index (χ1v) is 8.45. The van der Waals surface area contributed by atoms with Gasteiger partial charge in [-0.15, -0.1) is 0 Å². The van der Waals surface area contributed by atoms with Crippen LogP contribution in [0.25, 0.3) is 16.6 Å². The number of benzene rings is 1. The summed E-state index contributed by atoms with van der Waals surface area (Å²) in [4.78, 5) is 29.9. The molecule has 3 aromatic rings. The lowest BCUT2D eigenvalue weighted by Crippen LogP contribution is -2.36. The second-order valence-electron chi connectivity index (χ2n) is 6.36. The molecular formula is C19H19N3O2. The molecule has 0 radical (unpaired) electrons. The molecule has 0 unspecified atom stereocenters. The number of carbonyl (C=O) groups excluding carboxylic acids is 1. The number of rotatable bonds is 2. The molecule has 1 fully saturated rings. The summed E-state index contributed by atoms with van der Waals surface area (Å²) in [5, 5.41) is 3.66. The van der Waals surface area contributed by atoms with E-state index in [4.69, 9.17) is 0 Å². The van der Waals surface area contributed by atoms with E-state index in [0.29, 0.717) is 22.1 Å². The number of aromatic nitrogens is 2. The minimum absolute atomic E-state index is 0.150. The van der Waals surface area contributed by atoms with Crippen molar-refractivity contribution in [3.8, 4) is 0 Å². The average Bonchev–Trinajstić information content (AvgIpc) is 2.62. The van der Waals surface area contributed by atoms with Gasteiger partial charge >= 0.3 is 0 Å². The third kappa shape index (κ3) is 2.56. The Kier molecular flexibility index (Phi) is 3.76. The summed E-state index contributed by atoms with van der Waals surface area (Å²) in [6, 6.07) is 10.9. The molecule has 24 heavy (non-hydrogen) atoms.